The lowest BCUT2D eigenvalue weighted by Gasteiger charge is -2.05. The molecule has 0 bridgehead atoms. The number of hydrogen-bond donors (Lipinski definition) is 1. The summed E-state index contributed by atoms with van der Waals surface area (Å²) in [5.41, 5.74) is 1.30. The number of sulfonamides is 1. The van der Waals surface area contributed by atoms with Crippen LogP contribution in [0.2, 0.25) is 0 Å². The Morgan fingerprint density at radius 2 is 1.94 bits per heavy atom. The zero-order chi connectivity index (χ0) is 13.6. The molecule has 1 rings (SSSR count). The van der Waals surface area contributed by atoms with E-state index in [9.17, 15) is 13.2 Å². The molecule has 0 spiro atoms. The van der Waals surface area contributed by atoms with Crippen molar-refractivity contribution >= 4 is 39.2 Å². The van der Waals surface area contributed by atoms with Gasteiger partial charge >= 0.3 is 0 Å². The highest BCUT2D eigenvalue weighted by Crippen LogP contribution is 2.12. The number of benzene rings is 1. The van der Waals surface area contributed by atoms with Crippen LogP contribution in [-0.4, -0.2) is 25.8 Å². The highest BCUT2D eigenvalue weighted by atomic mass is 35.5. The molecule has 0 atom stereocenters. The SMILES string of the molecule is CCS(=O)(=O)Nc1ccc(C=CC(=O)CCl)cc1. The number of allylic oxidation sites excluding steroid dienone is 1. The molecule has 0 fully saturated rings. The maximum absolute atomic E-state index is 11.3. The second kappa shape index (κ2) is 6.56. The molecule has 0 amide bonds. The monoisotopic (exact) mass is 287 g/mol. The second-order valence-electron chi connectivity index (χ2n) is 3.56. The van der Waals surface area contributed by atoms with Crippen LogP contribution in [0.5, 0.6) is 0 Å². The Morgan fingerprint density at radius 1 is 1.33 bits per heavy atom. The second-order valence-corrected chi connectivity index (χ2v) is 5.84. The van der Waals surface area contributed by atoms with Crippen LogP contribution in [0.15, 0.2) is 30.3 Å². The van der Waals surface area contributed by atoms with Gasteiger partial charge in [-0.15, -0.1) is 11.6 Å². The Labute approximate surface area is 112 Å². The molecule has 0 radical (unpaired) electrons. The summed E-state index contributed by atoms with van der Waals surface area (Å²) in [5, 5.41) is 0. The normalized spacial score (nSPS) is 11.7. The molecule has 1 aromatic rings. The number of carbonyl (C=O) groups excluding carboxylic acids is 1. The van der Waals surface area contributed by atoms with Crippen molar-refractivity contribution in [1.29, 1.82) is 0 Å². The van der Waals surface area contributed by atoms with E-state index in [-0.39, 0.29) is 17.4 Å². The molecule has 18 heavy (non-hydrogen) atoms. The van der Waals surface area contributed by atoms with E-state index in [4.69, 9.17) is 11.6 Å². The molecule has 1 N–H and O–H groups in total. The van der Waals surface area contributed by atoms with Crippen LogP contribution in [0.25, 0.3) is 6.08 Å². The molecule has 0 aliphatic carbocycles. The van der Waals surface area contributed by atoms with Gasteiger partial charge < -0.3 is 0 Å². The Bertz CT molecular complexity index is 535. The maximum Gasteiger partial charge on any atom is 0.232 e. The molecule has 0 aliphatic rings. The van der Waals surface area contributed by atoms with Crippen molar-refractivity contribution < 1.29 is 13.2 Å². The molecule has 98 valence electrons. The fourth-order valence-corrected chi connectivity index (χ4v) is 1.88. The predicted octanol–water partition coefficient (Wildman–Crippen LogP) is 2.27. The maximum atomic E-state index is 11.3. The third kappa shape index (κ3) is 4.89. The van der Waals surface area contributed by atoms with Crippen LogP contribution >= 0.6 is 11.6 Å². The van der Waals surface area contributed by atoms with Crippen LogP contribution in [0.3, 0.4) is 0 Å². The molecule has 4 nitrogen and oxygen atoms in total. The molecule has 0 unspecified atom stereocenters. The minimum absolute atomic E-state index is 0.0267. The Morgan fingerprint density at radius 3 is 2.44 bits per heavy atom. The zero-order valence-corrected chi connectivity index (χ0v) is 11.5. The molecule has 0 heterocycles. The molecule has 0 aliphatic heterocycles. The van der Waals surface area contributed by atoms with E-state index >= 15 is 0 Å². The standard InChI is InChI=1S/C12H14ClNO3S/c1-2-18(16,17)14-11-6-3-10(4-7-11)5-8-12(15)9-13/h3-8,14H,2,9H2,1H3. The largest absolute Gasteiger partial charge is 0.294 e. The number of ketones is 1. The highest BCUT2D eigenvalue weighted by Gasteiger charge is 2.05. The van der Waals surface area contributed by atoms with Crippen LogP contribution in [-0.2, 0) is 14.8 Å². The van der Waals surface area contributed by atoms with Crippen molar-refractivity contribution in [2.24, 2.45) is 0 Å². The summed E-state index contributed by atoms with van der Waals surface area (Å²) < 4.78 is 25.1. The van der Waals surface area contributed by atoms with E-state index in [0.717, 1.165) is 5.56 Å². The number of carbonyl (C=O) groups is 1. The quantitative estimate of drug-likeness (QED) is 0.645. The van der Waals surface area contributed by atoms with E-state index in [1.54, 1.807) is 37.3 Å². The molecule has 1 aromatic carbocycles. The van der Waals surface area contributed by atoms with Crippen molar-refractivity contribution in [2.45, 2.75) is 6.92 Å². The summed E-state index contributed by atoms with van der Waals surface area (Å²) in [7, 11) is -3.25. The lowest BCUT2D eigenvalue weighted by molar-refractivity contribution is -0.112. The van der Waals surface area contributed by atoms with Crippen LogP contribution in [0.1, 0.15) is 12.5 Å². The van der Waals surface area contributed by atoms with Crippen LogP contribution < -0.4 is 4.72 Å². The molecule has 6 heteroatoms. The van der Waals surface area contributed by atoms with Gasteiger partial charge in [0, 0.05) is 5.69 Å². The average Bonchev–Trinajstić information content (AvgIpc) is 2.37. The number of alkyl halides is 1. The Hall–Kier alpha value is -1.33. The van der Waals surface area contributed by atoms with E-state index in [1.165, 1.54) is 6.08 Å². The van der Waals surface area contributed by atoms with E-state index < -0.39 is 10.0 Å². The van der Waals surface area contributed by atoms with Gasteiger partial charge in [-0.25, -0.2) is 8.42 Å². The zero-order valence-electron chi connectivity index (χ0n) is 9.89. The minimum atomic E-state index is -3.25. The fourth-order valence-electron chi connectivity index (χ4n) is 1.15. The lowest BCUT2D eigenvalue weighted by atomic mass is 10.2. The first-order chi connectivity index (χ1) is 8.46. The first-order valence-electron chi connectivity index (χ1n) is 5.34. The molecular weight excluding hydrogens is 274 g/mol. The summed E-state index contributed by atoms with van der Waals surface area (Å²) in [6.07, 6.45) is 3.01. The van der Waals surface area contributed by atoms with E-state index in [1.807, 2.05) is 0 Å². The average molecular weight is 288 g/mol. The summed E-state index contributed by atoms with van der Waals surface area (Å²) in [6.45, 7) is 1.57. The van der Waals surface area contributed by atoms with Gasteiger partial charge in [0.25, 0.3) is 0 Å². The minimum Gasteiger partial charge on any atom is -0.294 e. The van der Waals surface area contributed by atoms with Crippen molar-refractivity contribution in [3.8, 4) is 0 Å². The summed E-state index contributed by atoms with van der Waals surface area (Å²) >= 11 is 5.35. The molecule has 0 saturated carbocycles. The number of anilines is 1. The third-order valence-electron chi connectivity index (χ3n) is 2.16. The van der Waals surface area contributed by atoms with Crippen LogP contribution in [0, 0.1) is 0 Å². The first kappa shape index (κ1) is 14.7. The number of hydrogen-bond acceptors (Lipinski definition) is 3. The van der Waals surface area contributed by atoms with Gasteiger partial charge in [-0.05, 0) is 30.7 Å². The van der Waals surface area contributed by atoms with Gasteiger partial charge in [0.1, 0.15) is 0 Å². The first-order valence-corrected chi connectivity index (χ1v) is 7.53. The number of nitrogens with one attached hydrogen (secondary N) is 1. The predicted molar refractivity (Wildman–Crippen MR) is 74.3 cm³/mol. The molecule has 0 aromatic heterocycles. The van der Waals surface area contributed by atoms with Crippen LogP contribution in [0.4, 0.5) is 5.69 Å². The van der Waals surface area contributed by atoms with Gasteiger partial charge in [0.15, 0.2) is 5.78 Å². The number of halogens is 1. The van der Waals surface area contributed by atoms with Crippen molar-refractivity contribution in [2.75, 3.05) is 16.4 Å². The molecular formula is C12H14ClNO3S. The van der Waals surface area contributed by atoms with Gasteiger partial charge in [0.2, 0.25) is 10.0 Å². The highest BCUT2D eigenvalue weighted by molar-refractivity contribution is 7.92. The van der Waals surface area contributed by atoms with Gasteiger partial charge in [-0.1, -0.05) is 18.2 Å². The summed E-state index contributed by atoms with van der Waals surface area (Å²) in [4.78, 5) is 11.0. The van der Waals surface area contributed by atoms with Gasteiger partial charge in [-0.3, -0.25) is 9.52 Å². The topological polar surface area (TPSA) is 63.2 Å². The molecule has 0 saturated heterocycles. The van der Waals surface area contributed by atoms with Gasteiger partial charge in [0.05, 0.1) is 11.6 Å². The van der Waals surface area contributed by atoms with E-state index in [0.29, 0.717) is 5.69 Å². The lowest BCUT2D eigenvalue weighted by Crippen LogP contribution is -2.14. The smallest absolute Gasteiger partial charge is 0.232 e. The summed E-state index contributed by atoms with van der Waals surface area (Å²) in [6, 6.07) is 6.70. The van der Waals surface area contributed by atoms with Crippen molar-refractivity contribution in [3.63, 3.8) is 0 Å². The fraction of sp³-hybridized carbons (Fsp3) is 0.250. The number of rotatable bonds is 6. The van der Waals surface area contributed by atoms with Crippen molar-refractivity contribution in [3.05, 3.63) is 35.9 Å². The summed E-state index contributed by atoms with van der Waals surface area (Å²) in [5.74, 6) is -0.198. The third-order valence-corrected chi connectivity index (χ3v) is 3.73. The Balaban J connectivity index is 2.75. The van der Waals surface area contributed by atoms with Crippen molar-refractivity contribution in [1.82, 2.24) is 0 Å². The van der Waals surface area contributed by atoms with E-state index in [2.05, 4.69) is 4.72 Å². The Kier molecular flexibility index (Phi) is 5.37. The van der Waals surface area contributed by atoms with Gasteiger partial charge in [-0.2, -0.15) is 0 Å².